The highest BCUT2D eigenvalue weighted by molar-refractivity contribution is 4.86. The number of nitrogens with one attached hydrogen (secondary N) is 1. The average molecular weight is 155 g/mol. The summed E-state index contributed by atoms with van der Waals surface area (Å²) in [5.41, 5.74) is 0. The second-order valence-corrected chi connectivity index (χ2v) is 2.74. The first-order chi connectivity index (χ1) is 5.22. The third-order valence-electron chi connectivity index (χ3n) is 1.79. The minimum Gasteiger partial charge on any atom is -0.320 e. The molecule has 11 heavy (non-hydrogen) atoms. The SMILES string of the molecule is CNCCCN(C)C(C)C#N. The molecule has 0 fully saturated rings. The molecule has 1 N–H and O–H groups in total. The predicted molar refractivity (Wildman–Crippen MR) is 46.2 cm³/mol. The molecule has 0 heterocycles. The summed E-state index contributed by atoms with van der Waals surface area (Å²) in [5, 5.41) is 11.6. The van der Waals surface area contributed by atoms with Gasteiger partial charge in [0.1, 0.15) is 0 Å². The first-order valence-electron chi connectivity index (χ1n) is 3.96. The Labute approximate surface area is 69.0 Å². The van der Waals surface area contributed by atoms with Crippen LogP contribution in [0.3, 0.4) is 0 Å². The first-order valence-corrected chi connectivity index (χ1v) is 3.96. The number of hydrogen-bond donors (Lipinski definition) is 1. The van der Waals surface area contributed by atoms with Crippen LogP contribution >= 0.6 is 0 Å². The van der Waals surface area contributed by atoms with Crippen molar-refractivity contribution >= 4 is 0 Å². The van der Waals surface area contributed by atoms with Crippen molar-refractivity contribution in [3.05, 3.63) is 0 Å². The van der Waals surface area contributed by atoms with Gasteiger partial charge >= 0.3 is 0 Å². The van der Waals surface area contributed by atoms with E-state index in [1.807, 2.05) is 21.0 Å². The van der Waals surface area contributed by atoms with E-state index in [2.05, 4.69) is 16.3 Å². The summed E-state index contributed by atoms with van der Waals surface area (Å²) in [6, 6.07) is 2.23. The Hall–Kier alpha value is -0.590. The van der Waals surface area contributed by atoms with Crippen LogP contribution in [0.4, 0.5) is 0 Å². The molecule has 0 aromatic carbocycles. The number of nitriles is 1. The van der Waals surface area contributed by atoms with Gasteiger partial charge in [-0.3, -0.25) is 4.90 Å². The van der Waals surface area contributed by atoms with E-state index in [1.165, 1.54) is 0 Å². The van der Waals surface area contributed by atoms with Crippen molar-refractivity contribution in [1.29, 1.82) is 5.26 Å². The number of hydrogen-bond acceptors (Lipinski definition) is 3. The summed E-state index contributed by atoms with van der Waals surface area (Å²) in [5.74, 6) is 0. The molecule has 0 aliphatic rings. The van der Waals surface area contributed by atoms with Crippen LogP contribution in [-0.4, -0.2) is 38.1 Å². The Morgan fingerprint density at radius 1 is 1.64 bits per heavy atom. The molecule has 1 unspecified atom stereocenters. The monoisotopic (exact) mass is 155 g/mol. The fourth-order valence-electron chi connectivity index (χ4n) is 0.797. The zero-order valence-corrected chi connectivity index (χ0v) is 7.59. The van der Waals surface area contributed by atoms with Crippen molar-refractivity contribution in [3.8, 4) is 6.07 Å². The van der Waals surface area contributed by atoms with E-state index in [0.717, 1.165) is 19.5 Å². The minimum atomic E-state index is 0.0341. The van der Waals surface area contributed by atoms with Crippen molar-refractivity contribution in [1.82, 2.24) is 10.2 Å². The normalized spacial score (nSPS) is 13.0. The quantitative estimate of drug-likeness (QED) is 0.585. The predicted octanol–water partition coefficient (Wildman–Crippen LogP) is 0.440. The molecule has 3 heteroatoms. The molecule has 0 amide bonds. The van der Waals surface area contributed by atoms with Gasteiger partial charge in [-0.25, -0.2) is 0 Å². The molecule has 0 aliphatic carbocycles. The highest BCUT2D eigenvalue weighted by Gasteiger charge is 2.05. The summed E-state index contributed by atoms with van der Waals surface area (Å²) >= 11 is 0. The second-order valence-electron chi connectivity index (χ2n) is 2.74. The third-order valence-corrected chi connectivity index (χ3v) is 1.79. The maximum absolute atomic E-state index is 8.55. The summed E-state index contributed by atoms with van der Waals surface area (Å²) in [7, 11) is 3.91. The summed E-state index contributed by atoms with van der Waals surface area (Å²) in [6.07, 6.45) is 1.10. The van der Waals surface area contributed by atoms with Gasteiger partial charge in [-0.15, -0.1) is 0 Å². The van der Waals surface area contributed by atoms with Crippen LogP contribution in [0.5, 0.6) is 0 Å². The fraction of sp³-hybridized carbons (Fsp3) is 0.875. The molecule has 0 bridgehead atoms. The van der Waals surface area contributed by atoms with Gasteiger partial charge < -0.3 is 5.32 Å². The summed E-state index contributed by atoms with van der Waals surface area (Å²) < 4.78 is 0. The van der Waals surface area contributed by atoms with Crippen LogP contribution in [0, 0.1) is 11.3 Å². The largest absolute Gasteiger partial charge is 0.320 e. The molecule has 0 spiro atoms. The highest BCUT2D eigenvalue weighted by Crippen LogP contribution is 1.93. The Balaban J connectivity index is 3.37. The molecular formula is C8H17N3. The third kappa shape index (κ3) is 4.77. The maximum atomic E-state index is 8.55. The molecule has 1 atom stereocenters. The van der Waals surface area contributed by atoms with E-state index < -0.39 is 0 Å². The van der Waals surface area contributed by atoms with E-state index >= 15 is 0 Å². The topological polar surface area (TPSA) is 39.1 Å². The molecule has 64 valence electrons. The lowest BCUT2D eigenvalue weighted by molar-refractivity contribution is 0.298. The van der Waals surface area contributed by atoms with E-state index in [-0.39, 0.29) is 6.04 Å². The lowest BCUT2D eigenvalue weighted by Gasteiger charge is -2.18. The van der Waals surface area contributed by atoms with Gasteiger partial charge in [0.15, 0.2) is 0 Å². The first kappa shape index (κ1) is 10.4. The second kappa shape index (κ2) is 6.14. The van der Waals surface area contributed by atoms with Crippen molar-refractivity contribution in [2.75, 3.05) is 27.2 Å². The van der Waals surface area contributed by atoms with Crippen molar-refractivity contribution in [3.63, 3.8) is 0 Å². The van der Waals surface area contributed by atoms with Gasteiger partial charge in [0, 0.05) is 6.54 Å². The van der Waals surface area contributed by atoms with Gasteiger partial charge in [-0.1, -0.05) is 0 Å². The van der Waals surface area contributed by atoms with Gasteiger partial charge in [0.25, 0.3) is 0 Å². The van der Waals surface area contributed by atoms with Gasteiger partial charge in [-0.05, 0) is 34.0 Å². The van der Waals surface area contributed by atoms with E-state index in [1.54, 1.807) is 0 Å². The standard InChI is InChI=1S/C8H17N3/c1-8(7-9)11(3)6-4-5-10-2/h8,10H,4-6H2,1-3H3. The molecule has 0 aromatic heterocycles. The lowest BCUT2D eigenvalue weighted by atomic mass is 10.3. The Morgan fingerprint density at radius 2 is 2.27 bits per heavy atom. The van der Waals surface area contributed by atoms with Crippen LogP contribution in [0.15, 0.2) is 0 Å². The molecule has 0 radical (unpaired) electrons. The Kier molecular flexibility index (Phi) is 5.81. The number of rotatable bonds is 5. The molecule has 0 rings (SSSR count). The Bertz CT molecular complexity index is 128. The zero-order chi connectivity index (χ0) is 8.69. The van der Waals surface area contributed by atoms with Crippen LogP contribution in [-0.2, 0) is 0 Å². The molecule has 3 nitrogen and oxygen atoms in total. The molecule has 0 saturated heterocycles. The fourth-order valence-corrected chi connectivity index (χ4v) is 0.797. The van der Waals surface area contributed by atoms with Crippen molar-refractivity contribution < 1.29 is 0 Å². The summed E-state index contributed by atoms with van der Waals surface area (Å²) in [4.78, 5) is 2.05. The van der Waals surface area contributed by atoms with Crippen molar-refractivity contribution in [2.24, 2.45) is 0 Å². The van der Waals surface area contributed by atoms with Gasteiger partial charge in [0.05, 0.1) is 12.1 Å². The maximum Gasteiger partial charge on any atom is 0.0946 e. The Morgan fingerprint density at radius 3 is 2.73 bits per heavy atom. The van der Waals surface area contributed by atoms with E-state index in [4.69, 9.17) is 5.26 Å². The van der Waals surface area contributed by atoms with E-state index in [0.29, 0.717) is 0 Å². The smallest absolute Gasteiger partial charge is 0.0946 e. The van der Waals surface area contributed by atoms with Crippen LogP contribution < -0.4 is 5.32 Å². The van der Waals surface area contributed by atoms with Crippen molar-refractivity contribution in [2.45, 2.75) is 19.4 Å². The minimum absolute atomic E-state index is 0.0341. The highest BCUT2D eigenvalue weighted by atomic mass is 15.1. The number of nitrogens with zero attached hydrogens (tertiary/aromatic N) is 2. The molecular weight excluding hydrogens is 138 g/mol. The zero-order valence-electron chi connectivity index (χ0n) is 7.59. The lowest BCUT2D eigenvalue weighted by Crippen LogP contribution is -2.30. The molecule has 0 aliphatic heterocycles. The summed E-state index contributed by atoms with van der Waals surface area (Å²) in [6.45, 7) is 3.91. The van der Waals surface area contributed by atoms with Crippen LogP contribution in [0.25, 0.3) is 0 Å². The van der Waals surface area contributed by atoms with Gasteiger partial charge in [0.2, 0.25) is 0 Å². The van der Waals surface area contributed by atoms with Crippen LogP contribution in [0.1, 0.15) is 13.3 Å². The average Bonchev–Trinajstić information content (AvgIpc) is 2.03. The van der Waals surface area contributed by atoms with Gasteiger partial charge in [-0.2, -0.15) is 5.26 Å². The molecule has 0 aromatic rings. The molecule has 0 saturated carbocycles. The van der Waals surface area contributed by atoms with E-state index in [9.17, 15) is 0 Å². The van der Waals surface area contributed by atoms with Crippen LogP contribution in [0.2, 0.25) is 0 Å².